The molecule has 0 radical (unpaired) electrons. The number of benzene rings is 1. The molecule has 122 valence electrons. The molecular formula is C13H21Cl3N2O2S. The van der Waals surface area contributed by atoms with E-state index in [0.717, 1.165) is 0 Å². The van der Waals surface area contributed by atoms with Crippen LogP contribution in [-0.2, 0) is 10.0 Å². The Labute approximate surface area is 143 Å². The van der Waals surface area contributed by atoms with Crippen molar-refractivity contribution in [2.75, 3.05) is 13.6 Å². The van der Waals surface area contributed by atoms with Gasteiger partial charge in [0, 0.05) is 19.6 Å². The number of hydrogen-bond donors (Lipinski definition) is 1. The second kappa shape index (κ2) is 8.56. The predicted octanol–water partition coefficient (Wildman–Crippen LogP) is 3.41. The Kier molecular flexibility index (Phi) is 8.54. The number of halogens is 3. The molecule has 21 heavy (non-hydrogen) atoms. The van der Waals surface area contributed by atoms with Gasteiger partial charge in [0.15, 0.2) is 0 Å². The van der Waals surface area contributed by atoms with E-state index in [2.05, 4.69) is 0 Å². The van der Waals surface area contributed by atoms with Gasteiger partial charge in [-0.15, -0.1) is 12.4 Å². The zero-order chi connectivity index (χ0) is 15.5. The largest absolute Gasteiger partial charge is 0.327 e. The predicted molar refractivity (Wildman–Crippen MR) is 91.0 cm³/mol. The first-order valence-corrected chi connectivity index (χ1v) is 8.53. The van der Waals surface area contributed by atoms with Crippen LogP contribution in [0.3, 0.4) is 0 Å². The molecule has 4 nitrogen and oxygen atoms in total. The Hall–Kier alpha value is -0.0400. The lowest BCUT2D eigenvalue weighted by atomic mass is 10.0. The maximum absolute atomic E-state index is 12.4. The Bertz CT molecular complexity index is 565. The van der Waals surface area contributed by atoms with Crippen LogP contribution in [0.1, 0.15) is 20.3 Å². The fourth-order valence-electron chi connectivity index (χ4n) is 1.60. The van der Waals surface area contributed by atoms with E-state index < -0.39 is 10.0 Å². The van der Waals surface area contributed by atoms with E-state index in [4.69, 9.17) is 28.9 Å². The van der Waals surface area contributed by atoms with Gasteiger partial charge in [0.1, 0.15) is 0 Å². The van der Waals surface area contributed by atoms with E-state index in [1.807, 2.05) is 13.8 Å². The highest BCUT2D eigenvalue weighted by Gasteiger charge is 2.22. The minimum Gasteiger partial charge on any atom is -0.327 e. The van der Waals surface area contributed by atoms with Crippen molar-refractivity contribution >= 4 is 45.6 Å². The summed E-state index contributed by atoms with van der Waals surface area (Å²) in [5, 5.41) is 0.551. The number of sulfonamides is 1. The van der Waals surface area contributed by atoms with Gasteiger partial charge in [0.05, 0.1) is 14.9 Å². The van der Waals surface area contributed by atoms with E-state index in [-0.39, 0.29) is 28.4 Å². The van der Waals surface area contributed by atoms with Crippen LogP contribution in [-0.4, -0.2) is 32.4 Å². The molecule has 1 aromatic rings. The molecule has 0 saturated heterocycles. The molecule has 1 aromatic carbocycles. The summed E-state index contributed by atoms with van der Waals surface area (Å²) in [4.78, 5) is 0.132. The van der Waals surface area contributed by atoms with Crippen molar-refractivity contribution in [3.63, 3.8) is 0 Å². The van der Waals surface area contributed by atoms with Crippen molar-refractivity contribution in [2.45, 2.75) is 31.2 Å². The summed E-state index contributed by atoms with van der Waals surface area (Å²) in [5.41, 5.74) is 5.93. The molecule has 0 spiro atoms. The van der Waals surface area contributed by atoms with Crippen LogP contribution in [0.5, 0.6) is 0 Å². The standard InChI is InChI=1S/C13H20Cl2N2O2S.ClH/c1-9(2)13(16)6-7-17(3)20(18,19)10-4-5-11(14)12(15)8-10;/h4-5,8-9,13H,6-7,16H2,1-3H3;1H. The fraction of sp³-hybridized carbons (Fsp3) is 0.538. The first-order valence-electron chi connectivity index (χ1n) is 6.33. The average Bonchev–Trinajstić information content (AvgIpc) is 2.38. The number of nitrogens with zero attached hydrogens (tertiary/aromatic N) is 1. The van der Waals surface area contributed by atoms with E-state index in [0.29, 0.717) is 23.9 Å². The van der Waals surface area contributed by atoms with Gasteiger partial charge >= 0.3 is 0 Å². The van der Waals surface area contributed by atoms with Gasteiger partial charge in [-0.25, -0.2) is 12.7 Å². The highest BCUT2D eigenvalue weighted by molar-refractivity contribution is 7.89. The lowest BCUT2D eigenvalue weighted by Crippen LogP contribution is -2.34. The molecule has 0 aromatic heterocycles. The lowest BCUT2D eigenvalue weighted by molar-refractivity contribution is 0.397. The van der Waals surface area contributed by atoms with Crippen LogP contribution in [0.4, 0.5) is 0 Å². The zero-order valence-electron chi connectivity index (χ0n) is 12.2. The average molecular weight is 376 g/mol. The van der Waals surface area contributed by atoms with Gasteiger partial charge < -0.3 is 5.73 Å². The topological polar surface area (TPSA) is 63.4 Å². The smallest absolute Gasteiger partial charge is 0.242 e. The third-order valence-electron chi connectivity index (χ3n) is 3.23. The van der Waals surface area contributed by atoms with E-state index in [1.54, 1.807) is 0 Å². The van der Waals surface area contributed by atoms with Crippen LogP contribution in [0.25, 0.3) is 0 Å². The minimum atomic E-state index is -3.56. The lowest BCUT2D eigenvalue weighted by Gasteiger charge is -2.21. The van der Waals surface area contributed by atoms with Crippen LogP contribution >= 0.6 is 35.6 Å². The summed E-state index contributed by atoms with van der Waals surface area (Å²) in [5.74, 6) is 0.316. The van der Waals surface area contributed by atoms with Crippen molar-refractivity contribution in [3.05, 3.63) is 28.2 Å². The molecule has 1 rings (SSSR count). The molecule has 2 N–H and O–H groups in total. The van der Waals surface area contributed by atoms with E-state index >= 15 is 0 Å². The summed E-state index contributed by atoms with van der Waals surface area (Å²) in [6.45, 7) is 4.39. The molecule has 8 heteroatoms. The summed E-state index contributed by atoms with van der Waals surface area (Å²) in [6.07, 6.45) is 0.606. The second-order valence-electron chi connectivity index (χ2n) is 5.10. The number of hydrogen-bond acceptors (Lipinski definition) is 3. The Morgan fingerprint density at radius 3 is 2.29 bits per heavy atom. The quantitative estimate of drug-likeness (QED) is 0.828. The van der Waals surface area contributed by atoms with Gasteiger partial charge in [-0.3, -0.25) is 0 Å². The molecule has 0 bridgehead atoms. The minimum absolute atomic E-state index is 0. The first kappa shape index (κ1) is 21.0. The second-order valence-corrected chi connectivity index (χ2v) is 7.96. The van der Waals surface area contributed by atoms with Crippen molar-refractivity contribution in [1.82, 2.24) is 4.31 Å². The molecule has 1 atom stereocenters. The van der Waals surface area contributed by atoms with Crippen molar-refractivity contribution in [3.8, 4) is 0 Å². The zero-order valence-corrected chi connectivity index (χ0v) is 15.4. The number of rotatable bonds is 6. The summed E-state index contributed by atoms with van der Waals surface area (Å²) in [6, 6.07) is 4.26. The van der Waals surface area contributed by atoms with Crippen LogP contribution in [0.15, 0.2) is 23.1 Å². The Morgan fingerprint density at radius 2 is 1.81 bits per heavy atom. The Balaban J connectivity index is 0.00000400. The molecule has 0 aliphatic rings. The third-order valence-corrected chi connectivity index (χ3v) is 5.82. The fourth-order valence-corrected chi connectivity index (χ4v) is 3.18. The van der Waals surface area contributed by atoms with Crippen LogP contribution < -0.4 is 5.73 Å². The highest BCUT2D eigenvalue weighted by atomic mass is 35.5. The highest BCUT2D eigenvalue weighted by Crippen LogP contribution is 2.26. The van der Waals surface area contributed by atoms with Gasteiger partial charge in [-0.1, -0.05) is 37.0 Å². The van der Waals surface area contributed by atoms with Crippen molar-refractivity contribution < 1.29 is 8.42 Å². The molecule has 0 amide bonds. The van der Waals surface area contributed by atoms with Crippen LogP contribution in [0, 0.1) is 5.92 Å². The molecule has 0 heterocycles. The Morgan fingerprint density at radius 1 is 1.24 bits per heavy atom. The SMILES string of the molecule is CC(C)C(N)CCN(C)S(=O)(=O)c1ccc(Cl)c(Cl)c1.Cl. The molecule has 0 saturated carbocycles. The monoisotopic (exact) mass is 374 g/mol. The maximum atomic E-state index is 12.4. The molecule has 0 aliphatic heterocycles. The van der Waals surface area contributed by atoms with E-state index in [9.17, 15) is 8.42 Å². The number of nitrogens with two attached hydrogens (primary N) is 1. The van der Waals surface area contributed by atoms with Crippen LogP contribution in [0.2, 0.25) is 10.0 Å². The van der Waals surface area contributed by atoms with Gasteiger partial charge in [-0.05, 0) is 30.5 Å². The van der Waals surface area contributed by atoms with Crippen molar-refractivity contribution in [1.29, 1.82) is 0 Å². The van der Waals surface area contributed by atoms with E-state index in [1.165, 1.54) is 29.6 Å². The molecule has 0 fully saturated rings. The summed E-state index contributed by atoms with van der Waals surface area (Å²) in [7, 11) is -2.03. The van der Waals surface area contributed by atoms with Gasteiger partial charge in [0.2, 0.25) is 10.0 Å². The molecule has 0 aliphatic carbocycles. The maximum Gasteiger partial charge on any atom is 0.242 e. The normalized spacial score (nSPS) is 13.3. The van der Waals surface area contributed by atoms with Crippen molar-refractivity contribution in [2.24, 2.45) is 11.7 Å². The molecule has 1 unspecified atom stereocenters. The third kappa shape index (κ3) is 5.58. The summed E-state index contributed by atoms with van der Waals surface area (Å²) >= 11 is 11.6. The first-order chi connectivity index (χ1) is 9.16. The van der Waals surface area contributed by atoms with Gasteiger partial charge in [-0.2, -0.15) is 0 Å². The summed E-state index contributed by atoms with van der Waals surface area (Å²) < 4.78 is 26.0. The van der Waals surface area contributed by atoms with Gasteiger partial charge in [0.25, 0.3) is 0 Å². The molecular weight excluding hydrogens is 355 g/mol.